The van der Waals surface area contributed by atoms with Gasteiger partial charge in [0.1, 0.15) is 0 Å². The highest BCUT2D eigenvalue weighted by molar-refractivity contribution is 5.02. The topological polar surface area (TPSA) is 15.3 Å². The van der Waals surface area contributed by atoms with E-state index in [4.69, 9.17) is 6.42 Å². The Morgan fingerprint density at radius 3 is 2.62 bits per heavy atom. The predicted octanol–water partition coefficient (Wildman–Crippen LogP) is 2.11. The molecule has 0 aliphatic carbocycles. The minimum absolute atomic E-state index is 0.263. The van der Waals surface area contributed by atoms with E-state index in [1.54, 1.807) is 0 Å². The van der Waals surface area contributed by atoms with Gasteiger partial charge in [-0.15, -0.1) is 6.42 Å². The van der Waals surface area contributed by atoms with E-state index in [0.717, 1.165) is 19.0 Å². The third-order valence-corrected chi connectivity index (χ3v) is 4.03. The van der Waals surface area contributed by atoms with Crippen molar-refractivity contribution in [1.29, 1.82) is 0 Å². The van der Waals surface area contributed by atoms with Gasteiger partial charge in [0.05, 0.1) is 6.04 Å². The molecule has 1 saturated heterocycles. The van der Waals surface area contributed by atoms with Gasteiger partial charge >= 0.3 is 0 Å². The molecule has 4 unspecified atom stereocenters. The van der Waals surface area contributed by atoms with Crippen LogP contribution in [-0.2, 0) is 0 Å². The summed E-state index contributed by atoms with van der Waals surface area (Å²) in [6, 6.07) is 1.47. The summed E-state index contributed by atoms with van der Waals surface area (Å²) in [6.07, 6.45) is 7.96. The van der Waals surface area contributed by atoms with Gasteiger partial charge in [-0.2, -0.15) is 0 Å². The molecule has 16 heavy (non-hydrogen) atoms. The fourth-order valence-electron chi connectivity index (χ4n) is 2.46. The summed E-state index contributed by atoms with van der Waals surface area (Å²) in [4.78, 5) is 2.49. The van der Waals surface area contributed by atoms with E-state index in [9.17, 15) is 0 Å². The average molecular weight is 222 g/mol. The second-order valence-corrected chi connectivity index (χ2v) is 5.00. The number of hydrogen-bond donors (Lipinski definition) is 1. The standard InChI is InChI=1S/C14H26N2/c1-6-11(4)14-10-16(12(5)7-2)13(8-3)9-15-14/h2,11-15H,6,8-10H2,1,3-5H3. The Bertz CT molecular complexity index is 244. The lowest BCUT2D eigenvalue weighted by Crippen LogP contribution is -2.60. The lowest BCUT2D eigenvalue weighted by atomic mass is 9.94. The van der Waals surface area contributed by atoms with E-state index < -0.39 is 0 Å². The smallest absolute Gasteiger partial charge is 0.0686 e. The van der Waals surface area contributed by atoms with Gasteiger partial charge in [-0.05, 0) is 19.3 Å². The number of piperazine rings is 1. The molecule has 2 heteroatoms. The molecular weight excluding hydrogens is 196 g/mol. The molecule has 1 heterocycles. The van der Waals surface area contributed by atoms with Gasteiger partial charge in [-0.1, -0.05) is 33.1 Å². The number of nitrogens with one attached hydrogen (secondary N) is 1. The highest BCUT2D eigenvalue weighted by atomic mass is 15.2. The molecule has 1 aliphatic rings. The number of nitrogens with zero attached hydrogens (tertiary/aromatic N) is 1. The normalized spacial score (nSPS) is 30.7. The van der Waals surface area contributed by atoms with Gasteiger partial charge in [0, 0.05) is 25.2 Å². The fourth-order valence-corrected chi connectivity index (χ4v) is 2.46. The van der Waals surface area contributed by atoms with E-state index in [0.29, 0.717) is 12.1 Å². The molecule has 0 saturated carbocycles. The van der Waals surface area contributed by atoms with Crippen molar-refractivity contribution in [2.24, 2.45) is 5.92 Å². The molecule has 0 amide bonds. The van der Waals surface area contributed by atoms with Gasteiger partial charge in [0.2, 0.25) is 0 Å². The van der Waals surface area contributed by atoms with Gasteiger partial charge in [-0.25, -0.2) is 0 Å². The maximum atomic E-state index is 5.56. The zero-order valence-electron chi connectivity index (χ0n) is 11.2. The largest absolute Gasteiger partial charge is 0.311 e. The van der Waals surface area contributed by atoms with Crippen LogP contribution in [-0.4, -0.2) is 36.1 Å². The second-order valence-electron chi connectivity index (χ2n) is 5.00. The van der Waals surface area contributed by atoms with Crippen LogP contribution in [0.5, 0.6) is 0 Å². The Morgan fingerprint density at radius 2 is 2.12 bits per heavy atom. The third-order valence-electron chi connectivity index (χ3n) is 4.03. The molecule has 1 N–H and O–H groups in total. The SMILES string of the molecule is C#CC(C)N1CC(C(C)CC)NCC1CC. The minimum Gasteiger partial charge on any atom is -0.311 e. The summed E-state index contributed by atoms with van der Waals surface area (Å²) in [6.45, 7) is 11.1. The highest BCUT2D eigenvalue weighted by Gasteiger charge is 2.31. The van der Waals surface area contributed by atoms with Crippen LogP contribution in [0.3, 0.4) is 0 Å². The van der Waals surface area contributed by atoms with Crippen molar-refractivity contribution in [3.05, 3.63) is 0 Å². The van der Waals surface area contributed by atoms with Crippen LogP contribution in [0.4, 0.5) is 0 Å². The lowest BCUT2D eigenvalue weighted by molar-refractivity contribution is 0.0909. The van der Waals surface area contributed by atoms with Crippen molar-refractivity contribution in [3.63, 3.8) is 0 Å². The molecule has 0 bridgehead atoms. The Balaban J connectivity index is 2.66. The third kappa shape index (κ3) is 2.99. The molecule has 0 aromatic heterocycles. The molecule has 0 spiro atoms. The Morgan fingerprint density at radius 1 is 1.44 bits per heavy atom. The quantitative estimate of drug-likeness (QED) is 0.733. The Hall–Kier alpha value is -0.520. The minimum atomic E-state index is 0.263. The fraction of sp³-hybridized carbons (Fsp3) is 0.857. The van der Waals surface area contributed by atoms with Gasteiger partial charge in [0.15, 0.2) is 0 Å². The molecule has 1 rings (SSSR count). The summed E-state index contributed by atoms with van der Waals surface area (Å²) in [5.74, 6) is 3.60. The summed E-state index contributed by atoms with van der Waals surface area (Å²) < 4.78 is 0. The number of rotatable bonds is 4. The van der Waals surface area contributed by atoms with Gasteiger partial charge < -0.3 is 5.32 Å². The molecular formula is C14H26N2. The maximum absolute atomic E-state index is 5.56. The first-order chi connectivity index (χ1) is 7.63. The van der Waals surface area contributed by atoms with Crippen LogP contribution in [0.1, 0.15) is 40.5 Å². The molecule has 4 atom stereocenters. The van der Waals surface area contributed by atoms with Crippen molar-refractivity contribution in [2.75, 3.05) is 13.1 Å². The lowest BCUT2D eigenvalue weighted by Gasteiger charge is -2.43. The zero-order valence-corrected chi connectivity index (χ0v) is 11.2. The predicted molar refractivity (Wildman–Crippen MR) is 70.3 cm³/mol. The summed E-state index contributed by atoms with van der Waals surface area (Å²) in [5, 5.41) is 3.67. The van der Waals surface area contributed by atoms with Crippen LogP contribution in [0.2, 0.25) is 0 Å². The van der Waals surface area contributed by atoms with Crippen molar-refractivity contribution in [1.82, 2.24) is 10.2 Å². The van der Waals surface area contributed by atoms with Crippen LogP contribution < -0.4 is 5.32 Å². The number of terminal acetylenes is 1. The van der Waals surface area contributed by atoms with Crippen molar-refractivity contribution in [3.8, 4) is 12.3 Å². The molecule has 1 aliphatic heterocycles. The van der Waals surface area contributed by atoms with Crippen LogP contribution >= 0.6 is 0 Å². The molecule has 0 radical (unpaired) electrons. The van der Waals surface area contributed by atoms with E-state index in [1.807, 2.05) is 0 Å². The first-order valence-electron chi connectivity index (χ1n) is 6.59. The first-order valence-corrected chi connectivity index (χ1v) is 6.59. The van der Waals surface area contributed by atoms with E-state index in [1.165, 1.54) is 12.8 Å². The monoisotopic (exact) mass is 222 g/mol. The van der Waals surface area contributed by atoms with Crippen molar-refractivity contribution in [2.45, 2.75) is 58.7 Å². The Kier molecular flexibility index (Phi) is 5.31. The van der Waals surface area contributed by atoms with Crippen LogP contribution in [0.25, 0.3) is 0 Å². The van der Waals surface area contributed by atoms with E-state index in [2.05, 4.69) is 43.8 Å². The van der Waals surface area contributed by atoms with Crippen molar-refractivity contribution >= 4 is 0 Å². The molecule has 1 fully saturated rings. The van der Waals surface area contributed by atoms with Crippen LogP contribution in [0.15, 0.2) is 0 Å². The highest BCUT2D eigenvalue weighted by Crippen LogP contribution is 2.19. The molecule has 92 valence electrons. The summed E-state index contributed by atoms with van der Waals surface area (Å²) >= 11 is 0. The van der Waals surface area contributed by atoms with Crippen molar-refractivity contribution < 1.29 is 0 Å². The average Bonchev–Trinajstić information content (AvgIpc) is 2.35. The Labute approximate surface area is 101 Å². The zero-order chi connectivity index (χ0) is 12.1. The van der Waals surface area contributed by atoms with E-state index >= 15 is 0 Å². The van der Waals surface area contributed by atoms with E-state index in [-0.39, 0.29) is 6.04 Å². The van der Waals surface area contributed by atoms with Gasteiger partial charge in [0.25, 0.3) is 0 Å². The number of hydrogen-bond acceptors (Lipinski definition) is 2. The summed E-state index contributed by atoms with van der Waals surface area (Å²) in [5.41, 5.74) is 0. The maximum Gasteiger partial charge on any atom is 0.0686 e. The molecule has 2 nitrogen and oxygen atoms in total. The molecule has 0 aromatic rings. The van der Waals surface area contributed by atoms with Crippen LogP contribution in [0, 0.1) is 18.3 Å². The molecule has 0 aromatic carbocycles. The van der Waals surface area contributed by atoms with Gasteiger partial charge in [-0.3, -0.25) is 4.90 Å². The second kappa shape index (κ2) is 6.27. The first kappa shape index (κ1) is 13.5. The summed E-state index contributed by atoms with van der Waals surface area (Å²) in [7, 11) is 0.